The van der Waals surface area contributed by atoms with Crippen molar-refractivity contribution in [1.29, 1.82) is 0 Å². The summed E-state index contributed by atoms with van der Waals surface area (Å²) in [7, 11) is 0. The normalized spacial score (nSPS) is 18.1. The quantitative estimate of drug-likeness (QED) is 0.754. The zero-order chi connectivity index (χ0) is 14.3. The smallest absolute Gasteiger partial charge is 0.245 e. The van der Waals surface area contributed by atoms with Crippen molar-refractivity contribution in [2.45, 2.75) is 19.4 Å². The molecule has 1 aliphatic rings. The summed E-state index contributed by atoms with van der Waals surface area (Å²) in [6, 6.07) is 5.54. The van der Waals surface area contributed by atoms with Crippen LogP contribution in [0.2, 0.25) is 0 Å². The van der Waals surface area contributed by atoms with Gasteiger partial charge in [-0.05, 0) is 32.0 Å². The van der Waals surface area contributed by atoms with E-state index in [1.807, 2.05) is 36.9 Å². The van der Waals surface area contributed by atoms with Crippen molar-refractivity contribution in [3.8, 4) is 0 Å². The summed E-state index contributed by atoms with van der Waals surface area (Å²) < 4.78 is 0. The summed E-state index contributed by atoms with van der Waals surface area (Å²) >= 11 is 0. The predicted octanol–water partition coefficient (Wildman–Crippen LogP) is 0.927. The molecule has 0 atom stereocenters. The van der Waals surface area contributed by atoms with Crippen molar-refractivity contribution in [2.75, 3.05) is 23.7 Å². The minimum atomic E-state index is -0.649. The Balaban J connectivity index is 2.18. The van der Waals surface area contributed by atoms with Crippen molar-refractivity contribution in [2.24, 2.45) is 0 Å². The maximum absolute atomic E-state index is 12.1. The lowest BCUT2D eigenvalue weighted by Gasteiger charge is -2.42. The van der Waals surface area contributed by atoms with Gasteiger partial charge in [0.2, 0.25) is 5.91 Å². The highest BCUT2D eigenvalue weighted by Gasteiger charge is 2.39. The van der Waals surface area contributed by atoms with E-state index in [0.29, 0.717) is 18.8 Å². The first-order valence-electron chi connectivity index (χ1n) is 6.56. The zero-order valence-corrected chi connectivity index (χ0v) is 11.6. The van der Waals surface area contributed by atoms with Crippen LogP contribution in [0.3, 0.4) is 0 Å². The molecule has 0 aliphatic carbocycles. The van der Waals surface area contributed by atoms with Gasteiger partial charge < -0.3 is 16.0 Å². The highest BCUT2D eigenvalue weighted by molar-refractivity contribution is 5.96. The summed E-state index contributed by atoms with van der Waals surface area (Å²) in [5.41, 5.74) is 6.70. The molecule has 0 spiro atoms. The number of rotatable bonds is 1. The molecular formula is C14H17N5O. The van der Waals surface area contributed by atoms with Crippen LogP contribution in [0.15, 0.2) is 24.5 Å². The van der Waals surface area contributed by atoms with Crippen molar-refractivity contribution >= 4 is 28.3 Å². The molecule has 1 aliphatic heterocycles. The first-order chi connectivity index (χ1) is 9.50. The van der Waals surface area contributed by atoms with E-state index in [9.17, 15) is 4.79 Å². The van der Waals surface area contributed by atoms with E-state index in [2.05, 4.69) is 15.3 Å². The number of aromatic nitrogens is 2. The maximum Gasteiger partial charge on any atom is 0.245 e. The Kier molecular flexibility index (Phi) is 2.74. The van der Waals surface area contributed by atoms with Gasteiger partial charge in [-0.25, -0.2) is 9.97 Å². The fourth-order valence-electron chi connectivity index (χ4n) is 2.55. The van der Waals surface area contributed by atoms with Gasteiger partial charge in [-0.2, -0.15) is 0 Å². The van der Waals surface area contributed by atoms with Crippen LogP contribution in [-0.4, -0.2) is 34.5 Å². The number of nitrogens with two attached hydrogens (primary N) is 1. The number of hydrogen-bond donors (Lipinski definition) is 2. The number of amides is 1. The van der Waals surface area contributed by atoms with Crippen LogP contribution in [0.1, 0.15) is 13.8 Å². The largest absolute Gasteiger partial charge is 0.399 e. The Labute approximate surface area is 117 Å². The van der Waals surface area contributed by atoms with E-state index in [-0.39, 0.29) is 5.91 Å². The number of piperazine rings is 1. The number of nitrogen functional groups attached to an aromatic ring is 1. The molecule has 3 rings (SSSR count). The summed E-state index contributed by atoms with van der Waals surface area (Å²) in [5.74, 6) is 0.751. The van der Waals surface area contributed by atoms with Crippen LogP contribution in [-0.2, 0) is 4.79 Å². The number of hydrogen-bond acceptors (Lipinski definition) is 5. The van der Waals surface area contributed by atoms with Crippen LogP contribution < -0.4 is 16.0 Å². The Morgan fingerprint density at radius 1 is 1.35 bits per heavy atom. The second-order valence-electron chi connectivity index (χ2n) is 5.44. The van der Waals surface area contributed by atoms with Crippen molar-refractivity contribution in [3.63, 3.8) is 0 Å². The molecule has 6 nitrogen and oxygen atoms in total. The van der Waals surface area contributed by atoms with E-state index in [0.717, 1.165) is 16.7 Å². The molecule has 1 aromatic carbocycles. The van der Waals surface area contributed by atoms with Crippen LogP contribution in [0, 0.1) is 0 Å². The SMILES string of the molecule is CC1(C)C(=O)NCCN1c1ncnc2ccc(N)cc12. The highest BCUT2D eigenvalue weighted by atomic mass is 16.2. The number of anilines is 2. The molecule has 0 bridgehead atoms. The lowest BCUT2D eigenvalue weighted by Crippen LogP contribution is -2.62. The molecule has 3 N–H and O–H groups in total. The monoisotopic (exact) mass is 271 g/mol. The predicted molar refractivity (Wildman–Crippen MR) is 78.4 cm³/mol. The van der Waals surface area contributed by atoms with Gasteiger partial charge in [0.15, 0.2) is 0 Å². The van der Waals surface area contributed by atoms with Gasteiger partial charge in [-0.15, -0.1) is 0 Å². The van der Waals surface area contributed by atoms with E-state index in [1.54, 1.807) is 0 Å². The molecule has 0 saturated carbocycles. The fourth-order valence-corrected chi connectivity index (χ4v) is 2.55. The number of nitrogens with zero attached hydrogens (tertiary/aromatic N) is 3. The number of carbonyl (C=O) groups is 1. The van der Waals surface area contributed by atoms with Gasteiger partial charge >= 0.3 is 0 Å². The summed E-state index contributed by atoms with van der Waals surface area (Å²) in [4.78, 5) is 22.7. The molecule has 0 unspecified atom stereocenters. The van der Waals surface area contributed by atoms with E-state index >= 15 is 0 Å². The topological polar surface area (TPSA) is 84.1 Å². The van der Waals surface area contributed by atoms with Crippen LogP contribution >= 0.6 is 0 Å². The molecule has 2 aromatic rings. The van der Waals surface area contributed by atoms with E-state index in [1.165, 1.54) is 6.33 Å². The minimum Gasteiger partial charge on any atom is -0.399 e. The Morgan fingerprint density at radius 3 is 2.95 bits per heavy atom. The van der Waals surface area contributed by atoms with Crippen molar-refractivity contribution in [1.82, 2.24) is 15.3 Å². The minimum absolute atomic E-state index is 0.000541. The number of fused-ring (bicyclic) bond motifs is 1. The van der Waals surface area contributed by atoms with Crippen molar-refractivity contribution < 1.29 is 4.79 Å². The molecular weight excluding hydrogens is 254 g/mol. The van der Waals surface area contributed by atoms with Gasteiger partial charge in [0.1, 0.15) is 17.7 Å². The van der Waals surface area contributed by atoms with Crippen LogP contribution in [0.5, 0.6) is 0 Å². The lowest BCUT2D eigenvalue weighted by atomic mass is 9.98. The third-order valence-electron chi connectivity index (χ3n) is 3.75. The zero-order valence-electron chi connectivity index (χ0n) is 11.6. The summed E-state index contributed by atoms with van der Waals surface area (Å²) in [6.45, 7) is 5.10. The summed E-state index contributed by atoms with van der Waals surface area (Å²) in [5, 5.41) is 3.75. The first-order valence-corrected chi connectivity index (χ1v) is 6.56. The van der Waals surface area contributed by atoms with Gasteiger partial charge in [0.25, 0.3) is 0 Å². The van der Waals surface area contributed by atoms with Crippen LogP contribution in [0.4, 0.5) is 11.5 Å². The molecule has 2 heterocycles. The van der Waals surface area contributed by atoms with Crippen molar-refractivity contribution in [3.05, 3.63) is 24.5 Å². The van der Waals surface area contributed by atoms with Gasteiger partial charge in [-0.1, -0.05) is 0 Å². The standard InChI is InChI=1S/C14H17N5O/c1-14(2)13(20)16-5-6-19(14)12-10-7-9(15)3-4-11(10)17-8-18-12/h3-4,7-8H,5-6,15H2,1-2H3,(H,16,20). The second kappa shape index (κ2) is 4.33. The molecule has 1 saturated heterocycles. The first kappa shape index (κ1) is 12.7. The van der Waals surface area contributed by atoms with Crippen LogP contribution in [0.25, 0.3) is 10.9 Å². The lowest BCUT2D eigenvalue weighted by molar-refractivity contribution is -0.126. The Morgan fingerprint density at radius 2 is 2.15 bits per heavy atom. The molecule has 1 fully saturated rings. The Hall–Kier alpha value is -2.37. The molecule has 1 aromatic heterocycles. The highest BCUT2D eigenvalue weighted by Crippen LogP contribution is 2.30. The third kappa shape index (κ3) is 1.84. The Bertz CT molecular complexity index is 682. The van der Waals surface area contributed by atoms with Gasteiger partial charge in [0.05, 0.1) is 5.52 Å². The maximum atomic E-state index is 12.1. The second-order valence-corrected chi connectivity index (χ2v) is 5.44. The van der Waals surface area contributed by atoms with Gasteiger partial charge in [0, 0.05) is 24.2 Å². The molecule has 0 radical (unpaired) electrons. The number of benzene rings is 1. The molecule has 20 heavy (non-hydrogen) atoms. The number of nitrogens with one attached hydrogen (secondary N) is 1. The number of carbonyl (C=O) groups excluding carboxylic acids is 1. The summed E-state index contributed by atoms with van der Waals surface area (Å²) in [6.07, 6.45) is 1.52. The molecule has 1 amide bonds. The molecule has 104 valence electrons. The third-order valence-corrected chi connectivity index (χ3v) is 3.75. The fraction of sp³-hybridized carbons (Fsp3) is 0.357. The van der Waals surface area contributed by atoms with E-state index in [4.69, 9.17) is 5.73 Å². The average Bonchev–Trinajstić information content (AvgIpc) is 2.41. The van der Waals surface area contributed by atoms with Gasteiger partial charge in [-0.3, -0.25) is 4.79 Å². The van der Waals surface area contributed by atoms with E-state index < -0.39 is 5.54 Å². The average molecular weight is 271 g/mol. The molecule has 6 heteroatoms.